The van der Waals surface area contributed by atoms with Gasteiger partial charge < -0.3 is 10.2 Å². The van der Waals surface area contributed by atoms with Crippen molar-refractivity contribution in [1.82, 2.24) is 15.4 Å². The zero-order valence-corrected chi connectivity index (χ0v) is 20.5. The van der Waals surface area contributed by atoms with E-state index in [-0.39, 0.29) is 17.8 Å². The van der Waals surface area contributed by atoms with Crippen molar-refractivity contribution < 1.29 is 9.13 Å². The Labute approximate surface area is 215 Å². The van der Waals surface area contributed by atoms with Crippen LogP contribution in [0.15, 0.2) is 108 Å². The molecule has 5 nitrogen and oxygen atoms in total. The van der Waals surface area contributed by atoms with Gasteiger partial charge in [-0.15, -0.1) is 0 Å². The molecule has 6 rings (SSSR count). The fourth-order valence-corrected chi connectivity index (χ4v) is 5.12. The van der Waals surface area contributed by atoms with Gasteiger partial charge in [-0.25, -0.2) is 9.40 Å². The molecule has 0 aliphatic carbocycles. The quantitative estimate of drug-likeness (QED) is 0.364. The second-order valence-electron chi connectivity index (χ2n) is 9.38. The third kappa shape index (κ3) is 4.76. The van der Waals surface area contributed by atoms with Crippen molar-refractivity contribution in [3.63, 3.8) is 0 Å². The second kappa shape index (κ2) is 9.99. The van der Waals surface area contributed by atoms with Gasteiger partial charge in [0, 0.05) is 26.0 Å². The van der Waals surface area contributed by atoms with Gasteiger partial charge in [0.1, 0.15) is 30.1 Å². The van der Waals surface area contributed by atoms with E-state index < -0.39 is 0 Å². The van der Waals surface area contributed by atoms with Crippen LogP contribution in [0, 0.1) is 11.7 Å². The Kier molecular flexibility index (Phi) is 6.25. The van der Waals surface area contributed by atoms with E-state index in [1.165, 1.54) is 17.7 Å². The van der Waals surface area contributed by atoms with E-state index in [0.717, 1.165) is 46.0 Å². The van der Waals surface area contributed by atoms with Gasteiger partial charge in [-0.1, -0.05) is 54.6 Å². The van der Waals surface area contributed by atoms with Crippen molar-refractivity contribution in [3.05, 3.63) is 131 Å². The summed E-state index contributed by atoms with van der Waals surface area (Å²) in [5.74, 6) is 1.57. The minimum absolute atomic E-state index is 0.0842. The number of ether oxygens (including phenoxy) is 1. The van der Waals surface area contributed by atoms with Crippen LogP contribution in [0.4, 0.5) is 4.39 Å². The lowest BCUT2D eigenvalue weighted by atomic mass is 9.78. The van der Waals surface area contributed by atoms with E-state index in [4.69, 9.17) is 9.73 Å². The molecule has 0 saturated carbocycles. The summed E-state index contributed by atoms with van der Waals surface area (Å²) in [4.78, 5) is 9.38. The van der Waals surface area contributed by atoms with E-state index in [1.54, 1.807) is 12.4 Å². The fourth-order valence-electron chi connectivity index (χ4n) is 5.12. The smallest absolute Gasteiger partial charge is 0.123 e. The molecular weight excluding hydrogens is 463 g/mol. The number of dihydropyridines is 1. The number of nitrogens with zero attached hydrogens (tertiary/aromatic N) is 3. The van der Waals surface area contributed by atoms with Crippen LogP contribution in [0.1, 0.15) is 28.3 Å². The number of fused-ring (bicyclic) bond motifs is 1. The Morgan fingerprint density at radius 3 is 2.30 bits per heavy atom. The zero-order chi connectivity index (χ0) is 25.2. The fraction of sp³-hybridized carbons (Fsp3) is 0.161. The molecule has 1 saturated heterocycles. The molecule has 4 aromatic rings. The maximum atomic E-state index is 13.8. The lowest BCUT2D eigenvalue weighted by Crippen LogP contribution is -2.31. The number of hydrogen-bond donors (Lipinski definition) is 1. The summed E-state index contributed by atoms with van der Waals surface area (Å²) < 4.78 is 19.9. The first-order valence-electron chi connectivity index (χ1n) is 12.4. The standard InChI is InChI=1S/C31H27FN4O/c1-36-19-27-28(22-9-13-26(14-10-22)37-20-21-5-3-2-4-6-21)29(23-15-17-33-18-16-23)30(34-31(27)35-36)24-7-11-25(32)12-8-24/h2-18,27,30H,19-20H2,1H3,(H,34,35). The van der Waals surface area contributed by atoms with E-state index >= 15 is 0 Å². The average Bonchev–Trinajstić information content (AvgIpc) is 3.32. The predicted octanol–water partition coefficient (Wildman–Crippen LogP) is 5.93. The van der Waals surface area contributed by atoms with Crippen LogP contribution in [-0.2, 0) is 6.61 Å². The van der Waals surface area contributed by atoms with Crippen molar-refractivity contribution in [1.29, 1.82) is 0 Å². The third-order valence-electron chi connectivity index (χ3n) is 6.86. The molecule has 37 heavy (non-hydrogen) atoms. The highest BCUT2D eigenvalue weighted by Crippen LogP contribution is 2.47. The minimum Gasteiger partial charge on any atom is -0.489 e. The number of benzene rings is 3. The Morgan fingerprint density at radius 1 is 0.865 bits per heavy atom. The summed E-state index contributed by atoms with van der Waals surface area (Å²) in [7, 11) is 2.03. The molecule has 3 aromatic carbocycles. The normalized spacial score (nSPS) is 19.2. The van der Waals surface area contributed by atoms with E-state index in [9.17, 15) is 4.39 Å². The lowest BCUT2D eigenvalue weighted by molar-refractivity contribution is 0.306. The third-order valence-corrected chi connectivity index (χ3v) is 6.86. The average molecular weight is 491 g/mol. The molecule has 2 unspecified atom stereocenters. The number of hydrazine groups is 1. The number of pyridine rings is 1. The van der Waals surface area contributed by atoms with Crippen LogP contribution in [0.25, 0.3) is 11.1 Å². The molecule has 2 aliphatic heterocycles. The minimum atomic E-state index is -0.280. The molecule has 0 amide bonds. The number of rotatable bonds is 6. The van der Waals surface area contributed by atoms with Gasteiger partial charge in [0.2, 0.25) is 0 Å². The van der Waals surface area contributed by atoms with Gasteiger partial charge in [0.05, 0.1) is 5.92 Å². The summed E-state index contributed by atoms with van der Waals surface area (Å²) in [6.45, 7) is 1.32. The van der Waals surface area contributed by atoms with Crippen LogP contribution in [0.5, 0.6) is 5.75 Å². The molecule has 1 aromatic heterocycles. The first-order valence-corrected chi connectivity index (χ1v) is 12.4. The predicted molar refractivity (Wildman–Crippen MR) is 144 cm³/mol. The molecule has 0 spiro atoms. The highest BCUT2D eigenvalue weighted by molar-refractivity contribution is 6.08. The molecule has 1 N–H and O–H groups in total. The van der Waals surface area contributed by atoms with Crippen LogP contribution in [0.2, 0.25) is 0 Å². The molecule has 184 valence electrons. The Hall–Kier alpha value is -4.29. The summed E-state index contributed by atoms with van der Waals surface area (Å²) in [5, 5.41) is 2.07. The van der Waals surface area contributed by atoms with Gasteiger partial charge >= 0.3 is 0 Å². The van der Waals surface area contributed by atoms with Crippen molar-refractivity contribution >= 4 is 17.0 Å². The molecule has 2 atom stereocenters. The number of hydrogen-bond acceptors (Lipinski definition) is 5. The van der Waals surface area contributed by atoms with Crippen molar-refractivity contribution in [2.75, 3.05) is 13.6 Å². The van der Waals surface area contributed by atoms with Crippen LogP contribution in [0.3, 0.4) is 0 Å². The second-order valence-corrected chi connectivity index (χ2v) is 9.38. The van der Waals surface area contributed by atoms with Crippen molar-refractivity contribution in [2.24, 2.45) is 10.9 Å². The Bertz CT molecular complexity index is 1430. The lowest BCUT2D eigenvalue weighted by Gasteiger charge is -2.30. The van der Waals surface area contributed by atoms with Gasteiger partial charge in [0.25, 0.3) is 0 Å². The van der Waals surface area contributed by atoms with Gasteiger partial charge in [-0.05, 0) is 69.8 Å². The molecule has 0 radical (unpaired) electrons. The highest BCUT2D eigenvalue weighted by Gasteiger charge is 2.39. The Balaban J connectivity index is 1.43. The van der Waals surface area contributed by atoms with E-state index in [1.807, 2.05) is 61.6 Å². The number of aromatic nitrogens is 1. The largest absolute Gasteiger partial charge is 0.489 e. The molecule has 2 aliphatic rings. The molecule has 0 bridgehead atoms. The number of nitrogens with one attached hydrogen (secondary N) is 1. The number of halogens is 1. The van der Waals surface area contributed by atoms with E-state index in [2.05, 4.69) is 39.7 Å². The molecule has 6 heteroatoms. The highest BCUT2D eigenvalue weighted by atomic mass is 19.1. The maximum absolute atomic E-state index is 13.8. The van der Waals surface area contributed by atoms with Gasteiger partial charge in [-0.2, -0.15) is 0 Å². The number of amidine groups is 1. The Morgan fingerprint density at radius 2 is 1.57 bits per heavy atom. The monoisotopic (exact) mass is 490 g/mol. The summed E-state index contributed by atoms with van der Waals surface area (Å²) in [6, 6.07) is 28.9. The van der Waals surface area contributed by atoms with Gasteiger partial charge in [0.15, 0.2) is 0 Å². The topological polar surface area (TPSA) is 49.8 Å². The summed E-state index contributed by atoms with van der Waals surface area (Å²) in [5.41, 5.74) is 9.98. The maximum Gasteiger partial charge on any atom is 0.123 e. The van der Waals surface area contributed by atoms with Crippen LogP contribution in [-0.4, -0.2) is 29.4 Å². The van der Waals surface area contributed by atoms with Crippen molar-refractivity contribution in [3.8, 4) is 5.75 Å². The molecule has 1 fully saturated rings. The van der Waals surface area contributed by atoms with Crippen LogP contribution < -0.4 is 10.2 Å². The SMILES string of the molecule is CN1CC2C(=NC(c3ccc(F)cc3)C(c3ccncc3)=C2c2ccc(OCc3ccccc3)cc2)N1. The zero-order valence-electron chi connectivity index (χ0n) is 20.5. The van der Waals surface area contributed by atoms with E-state index in [0.29, 0.717) is 6.61 Å². The first kappa shape index (κ1) is 23.1. The van der Waals surface area contributed by atoms with Crippen molar-refractivity contribution in [2.45, 2.75) is 12.6 Å². The summed E-state index contributed by atoms with van der Waals surface area (Å²) in [6.07, 6.45) is 3.61. The summed E-state index contributed by atoms with van der Waals surface area (Å²) >= 11 is 0. The molecular formula is C31H27FN4O. The molecule has 3 heterocycles. The van der Waals surface area contributed by atoms with Gasteiger partial charge in [-0.3, -0.25) is 9.98 Å². The number of aliphatic imine (C=N–C) groups is 1. The first-order chi connectivity index (χ1) is 18.2. The van der Waals surface area contributed by atoms with Crippen LogP contribution >= 0.6 is 0 Å².